The summed E-state index contributed by atoms with van der Waals surface area (Å²) >= 11 is 0. The number of aromatic amines is 1. The first-order valence-electron chi connectivity index (χ1n) is 6.11. The molecule has 1 heterocycles. The number of ether oxygens (including phenoxy) is 1. The standard InChI is InChI=1S/C14H16F2N2O/c15-13-2-1-12(7-14(13)16)19-9-11(3-5-17)10-4-6-18-8-10/h1-2,4,6-8,11,18H,3,5,9,17H2. The van der Waals surface area contributed by atoms with E-state index < -0.39 is 11.6 Å². The van der Waals surface area contributed by atoms with E-state index in [1.54, 1.807) is 0 Å². The lowest BCUT2D eigenvalue weighted by Crippen LogP contribution is -2.14. The Labute approximate surface area is 110 Å². The Balaban J connectivity index is 2.00. The summed E-state index contributed by atoms with van der Waals surface area (Å²) in [6.45, 7) is 0.914. The number of halogens is 2. The molecule has 0 aliphatic carbocycles. The second kappa shape index (κ2) is 6.33. The predicted octanol–water partition coefficient (Wildman–Crippen LogP) is 2.80. The van der Waals surface area contributed by atoms with Gasteiger partial charge in [-0.25, -0.2) is 8.78 Å². The smallest absolute Gasteiger partial charge is 0.162 e. The number of rotatable bonds is 6. The van der Waals surface area contributed by atoms with Gasteiger partial charge in [-0.2, -0.15) is 0 Å². The summed E-state index contributed by atoms with van der Waals surface area (Å²) in [5.74, 6) is -1.34. The SMILES string of the molecule is NCCC(COc1ccc(F)c(F)c1)c1cc[nH]c1. The lowest BCUT2D eigenvalue weighted by molar-refractivity contribution is 0.280. The number of aromatic nitrogens is 1. The van der Waals surface area contributed by atoms with Crippen molar-refractivity contribution in [1.29, 1.82) is 0 Å². The summed E-state index contributed by atoms with van der Waals surface area (Å²) < 4.78 is 31.3. The Kier molecular flexibility index (Phi) is 4.52. The van der Waals surface area contributed by atoms with Crippen LogP contribution in [0.15, 0.2) is 36.7 Å². The van der Waals surface area contributed by atoms with Gasteiger partial charge >= 0.3 is 0 Å². The third-order valence-electron chi connectivity index (χ3n) is 2.95. The van der Waals surface area contributed by atoms with Crippen LogP contribution in [-0.4, -0.2) is 18.1 Å². The number of hydrogen-bond acceptors (Lipinski definition) is 2. The monoisotopic (exact) mass is 266 g/mol. The lowest BCUT2D eigenvalue weighted by Gasteiger charge is -2.16. The van der Waals surface area contributed by atoms with Gasteiger partial charge in [-0.15, -0.1) is 0 Å². The Hall–Kier alpha value is -1.88. The first-order valence-corrected chi connectivity index (χ1v) is 6.11. The van der Waals surface area contributed by atoms with Crippen LogP contribution in [0.4, 0.5) is 8.78 Å². The maximum Gasteiger partial charge on any atom is 0.162 e. The Morgan fingerprint density at radius 2 is 2.05 bits per heavy atom. The summed E-state index contributed by atoms with van der Waals surface area (Å²) in [5, 5.41) is 0. The normalized spacial score (nSPS) is 12.4. The van der Waals surface area contributed by atoms with Gasteiger partial charge < -0.3 is 15.5 Å². The van der Waals surface area contributed by atoms with Gasteiger partial charge in [0.2, 0.25) is 0 Å². The molecule has 3 N–H and O–H groups in total. The van der Waals surface area contributed by atoms with Crippen molar-refractivity contribution in [2.45, 2.75) is 12.3 Å². The lowest BCUT2D eigenvalue weighted by atomic mass is 9.99. The molecule has 1 aromatic heterocycles. The van der Waals surface area contributed by atoms with Crippen molar-refractivity contribution in [2.75, 3.05) is 13.2 Å². The summed E-state index contributed by atoms with van der Waals surface area (Å²) in [6.07, 6.45) is 4.48. The zero-order chi connectivity index (χ0) is 13.7. The van der Waals surface area contributed by atoms with Gasteiger partial charge in [0, 0.05) is 24.4 Å². The van der Waals surface area contributed by atoms with Gasteiger partial charge in [0.05, 0.1) is 6.61 Å². The summed E-state index contributed by atoms with van der Waals surface area (Å²) in [4.78, 5) is 2.98. The number of benzene rings is 1. The highest BCUT2D eigenvalue weighted by atomic mass is 19.2. The van der Waals surface area contributed by atoms with E-state index in [0.29, 0.717) is 18.9 Å². The van der Waals surface area contributed by atoms with Crippen molar-refractivity contribution in [3.63, 3.8) is 0 Å². The molecule has 102 valence electrons. The van der Waals surface area contributed by atoms with Crippen molar-refractivity contribution in [1.82, 2.24) is 4.98 Å². The van der Waals surface area contributed by atoms with E-state index in [-0.39, 0.29) is 5.92 Å². The van der Waals surface area contributed by atoms with Crippen LogP contribution in [0.1, 0.15) is 17.9 Å². The fraction of sp³-hybridized carbons (Fsp3) is 0.286. The third kappa shape index (κ3) is 3.54. The van der Waals surface area contributed by atoms with Crippen molar-refractivity contribution >= 4 is 0 Å². The molecule has 3 nitrogen and oxygen atoms in total. The largest absolute Gasteiger partial charge is 0.493 e. The maximum absolute atomic E-state index is 13.0. The molecule has 2 aromatic rings. The van der Waals surface area contributed by atoms with Gasteiger partial charge in [-0.3, -0.25) is 0 Å². The molecule has 0 radical (unpaired) electrons. The average molecular weight is 266 g/mol. The molecule has 0 aliphatic heterocycles. The summed E-state index contributed by atoms with van der Waals surface area (Å²) in [5.41, 5.74) is 6.66. The van der Waals surface area contributed by atoms with Crippen LogP contribution in [0, 0.1) is 11.6 Å². The van der Waals surface area contributed by atoms with Crippen LogP contribution in [-0.2, 0) is 0 Å². The summed E-state index contributed by atoms with van der Waals surface area (Å²) in [6, 6.07) is 5.47. The molecule has 0 amide bonds. The van der Waals surface area contributed by atoms with Crippen LogP contribution in [0.3, 0.4) is 0 Å². The zero-order valence-corrected chi connectivity index (χ0v) is 10.4. The highest BCUT2D eigenvalue weighted by Crippen LogP contribution is 2.22. The van der Waals surface area contributed by atoms with E-state index in [4.69, 9.17) is 10.5 Å². The highest BCUT2D eigenvalue weighted by Gasteiger charge is 2.13. The quantitative estimate of drug-likeness (QED) is 0.844. The molecule has 0 saturated carbocycles. The van der Waals surface area contributed by atoms with E-state index in [2.05, 4.69) is 4.98 Å². The first-order chi connectivity index (χ1) is 9.20. The molecule has 0 aliphatic rings. The molecule has 2 rings (SSSR count). The fourth-order valence-corrected chi connectivity index (χ4v) is 1.90. The average Bonchev–Trinajstić information content (AvgIpc) is 2.92. The number of hydrogen-bond donors (Lipinski definition) is 2. The van der Waals surface area contributed by atoms with Crippen molar-refractivity contribution in [3.05, 3.63) is 53.9 Å². The minimum atomic E-state index is -0.908. The Morgan fingerprint density at radius 3 is 2.68 bits per heavy atom. The molecule has 0 fully saturated rings. The number of H-pyrrole nitrogens is 1. The number of nitrogens with two attached hydrogens (primary N) is 1. The number of nitrogens with one attached hydrogen (secondary N) is 1. The van der Waals surface area contributed by atoms with Crippen molar-refractivity contribution < 1.29 is 13.5 Å². The minimum Gasteiger partial charge on any atom is -0.493 e. The van der Waals surface area contributed by atoms with Gasteiger partial charge in [0.1, 0.15) is 5.75 Å². The molecule has 5 heteroatoms. The van der Waals surface area contributed by atoms with Crippen LogP contribution >= 0.6 is 0 Å². The third-order valence-corrected chi connectivity index (χ3v) is 2.95. The molecule has 1 unspecified atom stereocenters. The van der Waals surface area contributed by atoms with E-state index >= 15 is 0 Å². The fourth-order valence-electron chi connectivity index (χ4n) is 1.90. The van der Waals surface area contributed by atoms with Crippen LogP contribution < -0.4 is 10.5 Å². The molecule has 0 bridgehead atoms. The van der Waals surface area contributed by atoms with Gasteiger partial charge in [0.15, 0.2) is 11.6 Å². The molecule has 19 heavy (non-hydrogen) atoms. The topological polar surface area (TPSA) is 51.0 Å². The Bertz CT molecular complexity index is 514. The second-order valence-electron chi connectivity index (χ2n) is 4.31. The van der Waals surface area contributed by atoms with E-state index in [1.165, 1.54) is 6.07 Å². The predicted molar refractivity (Wildman–Crippen MR) is 69.1 cm³/mol. The zero-order valence-electron chi connectivity index (χ0n) is 10.4. The molecule has 1 atom stereocenters. The summed E-state index contributed by atoms with van der Waals surface area (Å²) in [7, 11) is 0. The highest BCUT2D eigenvalue weighted by molar-refractivity contribution is 5.24. The maximum atomic E-state index is 13.0. The van der Waals surface area contributed by atoms with Gasteiger partial charge in [-0.05, 0) is 36.7 Å². The van der Waals surface area contributed by atoms with Crippen molar-refractivity contribution in [2.24, 2.45) is 5.73 Å². The van der Waals surface area contributed by atoms with E-state index in [9.17, 15) is 8.78 Å². The Morgan fingerprint density at radius 1 is 1.21 bits per heavy atom. The second-order valence-corrected chi connectivity index (χ2v) is 4.31. The van der Waals surface area contributed by atoms with Crippen LogP contribution in [0.2, 0.25) is 0 Å². The van der Waals surface area contributed by atoms with Crippen molar-refractivity contribution in [3.8, 4) is 5.75 Å². The molecular weight excluding hydrogens is 250 g/mol. The van der Waals surface area contributed by atoms with E-state index in [1.807, 2.05) is 18.5 Å². The molecule has 0 spiro atoms. The molecular formula is C14H16F2N2O. The first kappa shape index (κ1) is 13.5. The van der Waals surface area contributed by atoms with Gasteiger partial charge in [-0.1, -0.05) is 0 Å². The van der Waals surface area contributed by atoms with Crippen LogP contribution in [0.25, 0.3) is 0 Å². The molecule has 1 aromatic carbocycles. The molecule has 0 saturated heterocycles. The van der Waals surface area contributed by atoms with Gasteiger partial charge in [0.25, 0.3) is 0 Å². The van der Waals surface area contributed by atoms with Crippen LogP contribution in [0.5, 0.6) is 5.75 Å². The van der Waals surface area contributed by atoms with E-state index in [0.717, 1.165) is 24.1 Å². The minimum absolute atomic E-state index is 0.129.